The van der Waals surface area contributed by atoms with Crippen LogP contribution >= 0.6 is 6.89 Å². The van der Waals surface area contributed by atoms with Gasteiger partial charge in [0.25, 0.3) is 0 Å². The fraction of sp³-hybridized carbons (Fsp3) is 0.107. The van der Waals surface area contributed by atoms with Crippen LogP contribution in [0, 0.1) is 0 Å². The maximum absolute atomic E-state index is 14.1. The normalized spacial score (nSPS) is 11.7. The molecule has 0 spiro atoms. The Kier molecular flexibility index (Phi) is 6.88. The van der Waals surface area contributed by atoms with E-state index in [4.69, 9.17) is 4.74 Å². The Morgan fingerprint density at radius 1 is 0.667 bits per heavy atom. The molecular weight excluding hydrogens is 447 g/mol. The van der Waals surface area contributed by atoms with Crippen LogP contribution < -0.4 is 20.7 Å². The zero-order chi connectivity index (χ0) is 23.3. The minimum atomic E-state index is -3.66. The standard InChI is InChI=1S/C28H27O3PS/c1-23(33(29,30)22-24-14-12-13-21-28(24)31-2)32(25-15-6-3-7-16-25,26-17-8-4-9-18-26)27-19-10-5-11-20-27/h3-21H,22H2,1-2H3. The number of hydrogen-bond donors (Lipinski definition) is 0. The summed E-state index contributed by atoms with van der Waals surface area (Å²) in [5, 5.41) is 3.05. The second kappa shape index (κ2) is 9.82. The first kappa shape index (κ1) is 23.1. The Labute approximate surface area is 196 Å². The molecule has 4 aromatic carbocycles. The molecule has 0 aliphatic rings. The first-order valence-corrected chi connectivity index (χ1v) is 14.2. The summed E-state index contributed by atoms with van der Waals surface area (Å²) in [6, 6.07) is 37.4. The van der Waals surface area contributed by atoms with Crippen molar-refractivity contribution < 1.29 is 13.2 Å². The number of methoxy groups -OCH3 is 1. The maximum atomic E-state index is 14.1. The van der Waals surface area contributed by atoms with Crippen molar-refractivity contribution in [2.24, 2.45) is 0 Å². The van der Waals surface area contributed by atoms with Gasteiger partial charge in [0, 0.05) is 5.56 Å². The smallest absolute Gasteiger partial charge is 0.179 e. The van der Waals surface area contributed by atoms with Crippen molar-refractivity contribution in [3.05, 3.63) is 121 Å². The van der Waals surface area contributed by atoms with Gasteiger partial charge in [-0.3, -0.25) is 0 Å². The third-order valence-electron chi connectivity index (χ3n) is 5.89. The molecule has 0 saturated heterocycles. The summed E-state index contributed by atoms with van der Waals surface area (Å²) in [5.41, 5.74) is 0.659. The fourth-order valence-electron chi connectivity index (χ4n) is 4.29. The second-order valence-corrected chi connectivity index (χ2v) is 13.8. The van der Waals surface area contributed by atoms with Crippen LogP contribution in [0.5, 0.6) is 5.75 Å². The largest absolute Gasteiger partial charge is 0.496 e. The molecule has 0 atom stereocenters. The van der Waals surface area contributed by atoms with Crippen molar-refractivity contribution in [3.8, 4) is 5.75 Å². The lowest BCUT2D eigenvalue weighted by Crippen LogP contribution is -2.32. The molecule has 3 nitrogen and oxygen atoms in total. The average molecular weight is 475 g/mol. The summed E-state index contributed by atoms with van der Waals surface area (Å²) in [4.78, 5) is 0. The van der Waals surface area contributed by atoms with Crippen molar-refractivity contribution in [1.82, 2.24) is 0 Å². The third kappa shape index (κ3) is 4.42. The van der Waals surface area contributed by atoms with E-state index in [0.29, 0.717) is 15.9 Å². The van der Waals surface area contributed by atoms with Gasteiger partial charge >= 0.3 is 0 Å². The van der Waals surface area contributed by atoms with Gasteiger partial charge in [-0.15, -0.1) is 0 Å². The Hall–Kier alpha value is -3.07. The van der Waals surface area contributed by atoms with Crippen LogP contribution in [-0.4, -0.2) is 20.2 Å². The first-order valence-electron chi connectivity index (χ1n) is 10.7. The van der Waals surface area contributed by atoms with Crippen molar-refractivity contribution in [2.45, 2.75) is 12.7 Å². The van der Waals surface area contributed by atoms with Gasteiger partial charge in [0.1, 0.15) is 5.75 Å². The molecule has 0 amide bonds. The highest BCUT2D eigenvalue weighted by molar-refractivity contribution is 8.19. The summed E-state index contributed by atoms with van der Waals surface area (Å²) in [6.07, 6.45) is 0. The summed E-state index contributed by atoms with van der Waals surface area (Å²) >= 11 is 0. The molecule has 4 aromatic rings. The van der Waals surface area contributed by atoms with E-state index in [-0.39, 0.29) is 5.75 Å². The Morgan fingerprint density at radius 3 is 1.48 bits per heavy atom. The van der Waals surface area contributed by atoms with Gasteiger partial charge in [0.05, 0.1) is 17.5 Å². The van der Waals surface area contributed by atoms with E-state index in [1.165, 1.54) is 0 Å². The minimum absolute atomic E-state index is 0.114. The highest BCUT2D eigenvalue weighted by atomic mass is 32.2. The van der Waals surface area contributed by atoms with Crippen molar-refractivity contribution >= 4 is 37.3 Å². The average Bonchev–Trinajstić information content (AvgIpc) is 2.86. The van der Waals surface area contributed by atoms with Crippen LogP contribution in [-0.2, 0) is 15.6 Å². The van der Waals surface area contributed by atoms with Crippen molar-refractivity contribution in [2.75, 3.05) is 7.11 Å². The van der Waals surface area contributed by atoms with E-state index in [1.54, 1.807) is 20.1 Å². The molecule has 0 aromatic heterocycles. The van der Waals surface area contributed by atoms with Crippen LogP contribution in [0.1, 0.15) is 12.5 Å². The van der Waals surface area contributed by atoms with E-state index in [1.807, 2.05) is 72.8 Å². The molecule has 0 aliphatic heterocycles. The highest BCUT2D eigenvalue weighted by Gasteiger charge is 2.33. The van der Waals surface area contributed by atoms with E-state index >= 15 is 0 Å². The summed E-state index contributed by atoms with van der Waals surface area (Å²) < 4.78 is 34.1. The number of hydrogen-bond acceptors (Lipinski definition) is 3. The molecule has 0 radical (unpaired) electrons. The van der Waals surface area contributed by atoms with Gasteiger partial charge in [-0.25, -0.2) is 8.42 Å². The molecule has 0 fully saturated rings. The summed E-state index contributed by atoms with van der Waals surface area (Å²) in [6.45, 7) is -0.841. The van der Waals surface area contributed by atoms with E-state index in [2.05, 4.69) is 36.4 Å². The molecular formula is C28H27O3PS. The third-order valence-corrected chi connectivity index (χ3v) is 13.3. The van der Waals surface area contributed by atoms with Crippen LogP contribution in [0.3, 0.4) is 0 Å². The van der Waals surface area contributed by atoms with Crippen molar-refractivity contribution in [3.63, 3.8) is 0 Å². The van der Waals surface area contributed by atoms with Crippen LogP contribution in [0.15, 0.2) is 115 Å². The lowest BCUT2D eigenvalue weighted by atomic mass is 10.2. The number of benzene rings is 4. The molecule has 0 heterocycles. The first-order chi connectivity index (χ1) is 16.0. The number of rotatable bonds is 7. The number of para-hydroxylation sites is 1. The SMILES string of the molecule is COc1ccccc1CS(=O)(=O)C(C)=P(c1ccccc1)(c1ccccc1)c1ccccc1. The van der Waals surface area contributed by atoms with Gasteiger partial charge in [-0.1, -0.05) is 109 Å². The highest BCUT2D eigenvalue weighted by Crippen LogP contribution is 2.47. The lowest BCUT2D eigenvalue weighted by molar-refractivity contribution is 0.411. The number of sulfone groups is 1. The molecule has 0 unspecified atom stereocenters. The molecule has 0 bridgehead atoms. The predicted molar refractivity (Wildman–Crippen MR) is 141 cm³/mol. The van der Waals surface area contributed by atoms with Gasteiger partial charge in [-0.05, 0) is 35.8 Å². The summed E-state index contributed by atoms with van der Waals surface area (Å²) in [7, 11) is -2.10. The molecule has 168 valence electrons. The van der Waals surface area contributed by atoms with Crippen molar-refractivity contribution in [1.29, 1.82) is 0 Å². The Morgan fingerprint density at radius 2 is 1.06 bits per heavy atom. The van der Waals surface area contributed by atoms with Gasteiger partial charge in [0.15, 0.2) is 9.84 Å². The molecule has 33 heavy (non-hydrogen) atoms. The maximum Gasteiger partial charge on any atom is 0.179 e. The van der Waals surface area contributed by atoms with Crippen LogP contribution in [0.25, 0.3) is 0 Å². The van der Waals surface area contributed by atoms with E-state index in [0.717, 1.165) is 15.9 Å². The zero-order valence-electron chi connectivity index (χ0n) is 18.8. The monoisotopic (exact) mass is 474 g/mol. The summed E-state index contributed by atoms with van der Waals surface area (Å²) in [5.74, 6) is 0.467. The minimum Gasteiger partial charge on any atom is -0.496 e. The molecule has 0 aliphatic carbocycles. The van der Waals surface area contributed by atoms with Gasteiger partial charge < -0.3 is 4.74 Å². The molecule has 0 saturated carbocycles. The predicted octanol–water partition coefficient (Wildman–Crippen LogP) is 4.75. The topological polar surface area (TPSA) is 43.4 Å². The Bertz CT molecular complexity index is 1280. The van der Waals surface area contributed by atoms with Crippen LogP contribution in [0.2, 0.25) is 0 Å². The quantitative estimate of drug-likeness (QED) is 0.363. The molecule has 5 heteroatoms. The van der Waals surface area contributed by atoms with Gasteiger partial charge in [0.2, 0.25) is 0 Å². The van der Waals surface area contributed by atoms with Gasteiger partial charge in [-0.2, -0.15) is 0 Å². The molecule has 0 N–H and O–H groups in total. The van der Waals surface area contributed by atoms with E-state index in [9.17, 15) is 8.42 Å². The molecule has 4 rings (SSSR count). The van der Waals surface area contributed by atoms with E-state index < -0.39 is 16.7 Å². The lowest BCUT2D eigenvalue weighted by Gasteiger charge is -2.31. The Balaban J connectivity index is 2.10. The second-order valence-electron chi connectivity index (χ2n) is 7.77. The fourth-order valence-corrected chi connectivity index (χ4v) is 11.8. The zero-order valence-corrected chi connectivity index (χ0v) is 20.5. The number of ether oxygens (including phenoxy) is 1. The van der Waals surface area contributed by atoms with Crippen LogP contribution in [0.4, 0.5) is 0 Å².